The average Bonchev–Trinajstić information content (AvgIpc) is 2.87. The van der Waals surface area contributed by atoms with Gasteiger partial charge in [0.25, 0.3) is 0 Å². The predicted molar refractivity (Wildman–Crippen MR) is 74.2 cm³/mol. The third-order valence-electron chi connectivity index (χ3n) is 3.44. The van der Waals surface area contributed by atoms with E-state index in [-0.39, 0.29) is 5.82 Å². The second kappa shape index (κ2) is 6.64. The van der Waals surface area contributed by atoms with E-state index in [0.717, 1.165) is 38.2 Å². The lowest BCUT2D eigenvalue weighted by Crippen LogP contribution is -2.38. The van der Waals surface area contributed by atoms with E-state index in [0.29, 0.717) is 16.4 Å². The van der Waals surface area contributed by atoms with Crippen LogP contribution in [-0.2, 0) is 11.2 Å². The molecule has 1 aliphatic heterocycles. The van der Waals surface area contributed by atoms with E-state index >= 15 is 0 Å². The van der Waals surface area contributed by atoms with Crippen LogP contribution in [0.3, 0.4) is 0 Å². The zero-order valence-electron chi connectivity index (χ0n) is 10.6. The van der Waals surface area contributed by atoms with Gasteiger partial charge in [-0.25, -0.2) is 4.39 Å². The molecule has 0 bridgehead atoms. The Hall–Kier alpha value is -0.450. The maximum atomic E-state index is 13.2. The molecule has 1 heterocycles. The lowest BCUT2D eigenvalue weighted by Gasteiger charge is -2.23. The summed E-state index contributed by atoms with van der Waals surface area (Å²) in [6.07, 6.45) is 2.03. The molecule has 1 N–H and O–H groups in total. The van der Waals surface area contributed by atoms with Crippen LogP contribution >= 0.6 is 15.9 Å². The molecule has 4 heteroatoms. The summed E-state index contributed by atoms with van der Waals surface area (Å²) >= 11 is 3.24. The smallest absolute Gasteiger partial charge is 0.137 e. The first-order valence-corrected chi connectivity index (χ1v) is 7.25. The molecule has 100 valence electrons. The van der Waals surface area contributed by atoms with E-state index in [1.165, 1.54) is 6.07 Å². The Balaban J connectivity index is 2.04. The Morgan fingerprint density at radius 2 is 2.39 bits per heavy atom. The van der Waals surface area contributed by atoms with Crippen LogP contribution in [0, 0.1) is 11.7 Å². The molecule has 0 spiro atoms. The van der Waals surface area contributed by atoms with Crippen LogP contribution in [-0.4, -0.2) is 25.8 Å². The van der Waals surface area contributed by atoms with Gasteiger partial charge in [0.05, 0.1) is 11.1 Å². The molecule has 1 fully saturated rings. The summed E-state index contributed by atoms with van der Waals surface area (Å²) in [6, 6.07) is 5.67. The summed E-state index contributed by atoms with van der Waals surface area (Å²) in [6.45, 7) is 4.76. The first-order chi connectivity index (χ1) is 8.70. The van der Waals surface area contributed by atoms with E-state index in [4.69, 9.17) is 4.74 Å². The molecule has 18 heavy (non-hydrogen) atoms. The highest BCUT2D eigenvalue weighted by Gasteiger charge is 2.25. The van der Waals surface area contributed by atoms with Crippen molar-refractivity contribution in [2.45, 2.75) is 25.8 Å². The number of hydrogen-bond donors (Lipinski definition) is 1. The molecular formula is C14H19BrFNO. The van der Waals surface area contributed by atoms with Crippen LogP contribution in [0.1, 0.15) is 18.9 Å². The Morgan fingerprint density at radius 1 is 1.56 bits per heavy atom. The highest BCUT2D eigenvalue weighted by molar-refractivity contribution is 9.10. The fourth-order valence-electron chi connectivity index (χ4n) is 2.46. The fourth-order valence-corrected chi connectivity index (χ4v) is 2.88. The second-order valence-corrected chi connectivity index (χ2v) is 5.59. The highest BCUT2D eigenvalue weighted by atomic mass is 79.9. The van der Waals surface area contributed by atoms with Crippen molar-refractivity contribution >= 4 is 15.9 Å². The van der Waals surface area contributed by atoms with Crippen molar-refractivity contribution < 1.29 is 9.13 Å². The molecule has 2 unspecified atom stereocenters. The standard InChI is InChI=1S/C14H19BrFNO/c1-2-17-14(11-5-6-18-9-11)8-10-3-4-13(16)12(15)7-10/h3-4,7,11,14,17H,2,5-6,8-9H2,1H3. The Bertz CT molecular complexity index is 393. The highest BCUT2D eigenvalue weighted by Crippen LogP contribution is 2.22. The Labute approximate surface area is 116 Å². The minimum atomic E-state index is -0.206. The van der Waals surface area contributed by atoms with Gasteiger partial charge in [-0.05, 0) is 53.0 Å². The molecule has 0 saturated carbocycles. The van der Waals surface area contributed by atoms with Gasteiger partial charge in [0.1, 0.15) is 5.82 Å². The van der Waals surface area contributed by atoms with E-state index in [2.05, 4.69) is 28.2 Å². The molecule has 2 nitrogen and oxygen atoms in total. The molecule has 2 atom stereocenters. The Morgan fingerprint density at radius 3 is 3.00 bits per heavy atom. The van der Waals surface area contributed by atoms with Crippen LogP contribution in [0.5, 0.6) is 0 Å². The Kier molecular flexibility index (Phi) is 5.15. The van der Waals surface area contributed by atoms with Crippen molar-refractivity contribution in [3.05, 3.63) is 34.1 Å². The normalized spacial score (nSPS) is 21.2. The van der Waals surface area contributed by atoms with Gasteiger partial charge in [0.15, 0.2) is 0 Å². The number of ether oxygens (including phenoxy) is 1. The lowest BCUT2D eigenvalue weighted by atomic mass is 9.93. The molecule has 0 amide bonds. The first-order valence-electron chi connectivity index (χ1n) is 6.45. The fraction of sp³-hybridized carbons (Fsp3) is 0.571. The molecular weight excluding hydrogens is 297 g/mol. The van der Waals surface area contributed by atoms with E-state index < -0.39 is 0 Å². The van der Waals surface area contributed by atoms with Crippen LogP contribution in [0.25, 0.3) is 0 Å². The van der Waals surface area contributed by atoms with Crippen LogP contribution in [0.15, 0.2) is 22.7 Å². The average molecular weight is 316 g/mol. The van der Waals surface area contributed by atoms with Gasteiger partial charge in [-0.2, -0.15) is 0 Å². The van der Waals surface area contributed by atoms with Gasteiger partial charge in [0, 0.05) is 18.6 Å². The van der Waals surface area contributed by atoms with Crippen molar-refractivity contribution in [3.63, 3.8) is 0 Å². The maximum absolute atomic E-state index is 13.2. The van der Waals surface area contributed by atoms with Gasteiger partial charge >= 0.3 is 0 Å². The van der Waals surface area contributed by atoms with Gasteiger partial charge in [-0.1, -0.05) is 13.0 Å². The number of benzene rings is 1. The van der Waals surface area contributed by atoms with Crippen LogP contribution in [0.4, 0.5) is 4.39 Å². The van der Waals surface area contributed by atoms with Crippen molar-refractivity contribution in [1.29, 1.82) is 0 Å². The van der Waals surface area contributed by atoms with Crippen LogP contribution in [0.2, 0.25) is 0 Å². The molecule has 2 rings (SSSR count). The van der Waals surface area contributed by atoms with E-state index in [9.17, 15) is 4.39 Å². The number of halogens is 2. The molecule has 1 saturated heterocycles. The van der Waals surface area contributed by atoms with Crippen molar-refractivity contribution in [2.24, 2.45) is 5.92 Å². The van der Waals surface area contributed by atoms with Crippen molar-refractivity contribution in [2.75, 3.05) is 19.8 Å². The summed E-state index contributed by atoms with van der Waals surface area (Å²) in [5, 5.41) is 3.52. The topological polar surface area (TPSA) is 21.3 Å². The monoisotopic (exact) mass is 315 g/mol. The molecule has 1 aliphatic rings. The lowest BCUT2D eigenvalue weighted by molar-refractivity contribution is 0.176. The molecule has 1 aromatic carbocycles. The number of nitrogens with one attached hydrogen (secondary N) is 1. The van der Waals surface area contributed by atoms with Gasteiger partial charge < -0.3 is 10.1 Å². The van der Waals surface area contributed by atoms with E-state index in [1.54, 1.807) is 0 Å². The number of rotatable bonds is 5. The van der Waals surface area contributed by atoms with Gasteiger partial charge in [0.2, 0.25) is 0 Å². The summed E-state index contributed by atoms with van der Waals surface area (Å²) in [5.74, 6) is 0.358. The summed E-state index contributed by atoms with van der Waals surface area (Å²) in [7, 11) is 0. The SMILES string of the molecule is CCNC(Cc1ccc(F)c(Br)c1)C1CCOC1. The summed E-state index contributed by atoms with van der Waals surface area (Å²) in [5.41, 5.74) is 1.15. The zero-order chi connectivity index (χ0) is 13.0. The minimum absolute atomic E-state index is 0.206. The predicted octanol–water partition coefficient (Wildman–Crippen LogP) is 3.15. The quantitative estimate of drug-likeness (QED) is 0.901. The van der Waals surface area contributed by atoms with Crippen molar-refractivity contribution in [3.8, 4) is 0 Å². The number of likely N-dealkylation sites (N-methyl/N-ethyl adjacent to an activating group) is 1. The zero-order valence-corrected chi connectivity index (χ0v) is 12.2. The number of hydrogen-bond acceptors (Lipinski definition) is 2. The largest absolute Gasteiger partial charge is 0.381 e. The third-order valence-corrected chi connectivity index (χ3v) is 4.05. The molecule has 0 aliphatic carbocycles. The van der Waals surface area contributed by atoms with Crippen molar-refractivity contribution in [1.82, 2.24) is 5.32 Å². The van der Waals surface area contributed by atoms with Gasteiger partial charge in [-0.3, -0.25) is 0 Å². The summed E-state index contributed by atoms with van der Waals surface area (Å²) < 4.78 is 19.2. The molecule has 0 radical (unpaired) electrons. The first kappa shape index (κ1) is 14.0. The summed E-state index contributed by atoms with van der Waals surface area (Å²) in [4.78, 5) is 0. The van der Waals surface area contributed by atoms with Gasteiger partial charge in [-0.15, -0.1) is 0 Å². The minimum Gasteiger partial charge on any atom is -0.381 e. The third kappa shape index (κ3) is 3.53. The molecule has 0 aromatic heterocycles. The molecule has 1 aromatic rings. The second-order valence-electron chi connectivity index (χ2n) is 4.74. The van der Waals surface area contributed by atoms with Crippen LogP contribution < -0.4 is 5.32 Å². The maximum Gasteiger partial charge on any atom is 0.137 e. The van der Waals surface area contributed by atoms with E-state index in [1.807, 2.05) is 12.1 Å².